The average Bonchev–Trinajstić information content (AvgIpc) is 3.24. The van der Waals surface area contributed by atoms with Crippen LogP contribution in [0.2, 0.25) is 0 Å². The van der Waals surface area contributed by atoms with Crippen molar-refractivity contribution in [3.8, 4) is 0 Å². The zero-order valence-corrected chi connectivity index (χ0v) is 25.1. The molecule has 10 nitrogen and oxygen atoms in total. The van der Waals surface area contributed by atoms with Crippen LogP contribution in [-0.2, 0) is 0 Å². The van der Waals surface area contributed by atoms with E-state index in [-0.39, 0.29) is 0 Å². The van der Waals surface area contributed by atoms with Crippen LogP contribution in [0.15, 0.2) is 29.3 Å². The summed E-state index contributed by atoms with van der Waals surface area (Å²) >= 11 is 10.0. The monoisotopic (exact) mass is 654 g/mol. The summed E-state index contributed by atoms with van der Waals surface area (Å²) in [5.74, 6) is 7.95. The van der Waals surface area contributed by atoms with Crippen LogP contribution in [0.1, 0.15) is 49.9 Å². The maximum Gasteiger partial charge on any atom is 0.226 e. The third kappa shape index (κ3) is 5.60. The lowest BCUT2D eigenvalue weighted by atomic mass is 10.1. The number of nitrogens with zero attached hydrogens (tertiary/aromatic N) is 9. The Morgan fingerprint density at radius 1 is 0.639 bits per heavy atom. The summed E-state index contributed by atoms with van der Waals surface area (Å²) in [4.78, 5) is 23.6. The highest BCUT2D eigenvalue weighted by atomic mass is 79.9. The minimum absolute atomic E-state index is 0.541. The van der Waals surface area contributed by atoms with Gasteiger partial charge in [-0.15, -0.1) is 10.2 Å². The number of nitrogens with two attached hydrogens (primary N) is 1. The number of piperidine rings is 2. The van der Waals surface area contributed by atoms with E-state index in [2.05, 4.69) is 51.9 Å². The number of nitrogen functional groups attached to an aromatic ring is 1. The molecule has 0 spiro atoms. The van der Waals surface area contributed by atoms with Crippen molar-refractivity contribution in [2.24, 2.45) is 0 Å². The Bertz CT molecular complexity index is 1150. The third-order valence-corrected chi connectivity index (χ3v) is 10.6. The standard InChI is InChI=1S/C22H28Br2N10S2/c1-13-15(23)17(28-19(26-13)32-9-5-3-6-10-32)35-21-30-31-22(34(21)25)36-18-16(24)14(2)27-20(29-18)33-11-7-4-8-12-33/h3-12,25H2,1-2H3. The van der Waals surface area contributed by atoms with Gasteiger partial charge in [0.1, 0.15) is 10.1 Å². The van der Waals surface area contributed by atoms with Crippen LogP contribution in [0.3, 0.4) is 0 Å². The summed E-state index contributed by atoms with van der Waals surface area (Å²) in [5, 5.41) is 11.3. The minimum atomic E-state index is 0.541. The summed E-state index contributed by atoms with van der Waals surface area (Å²) in [5.41, 5.74) is 1.77. The van der Waals surface area contributed by atoms with Gasteiger partial charge in [0.25, 0.3) is 0 Å². The number of hydrogen-bond donors (Lipinski definition) is 1. The molecule has 0 bridgehead atoms. The quantitative estimate of drug-likeness (QED) is 0.286. The zero-order valence-electron chi connectivity index (χ0n) is 20.2. The fraction of sp³-hybridized carbons (Fsp3) is 0.545. The highest BCUT2D eigenvalue weighted by molar-refractivity contribution is 9.10. The molecule has 3 aromatic rings. The molecular formula is C22H28Br2N10S2. The van der Waals surface area contributed by atoms with Crippen LogP contribution in [-0.4, -0.2) is 61.0 Å². The van der Waals surface area contributed by atoms with E-state index >= 15 is 0 Å². The Morgan fingerprint density at radius 3 is 1.42 bits per heavy atom. The Labute approximate surface area is 235 Å². The van der Waals surface area contributed by atoms with E-state index in [4.69, 9.17) is 25.8 Å². The van der Waals surface area contributed by atoms with Gasteiger partial charge in [-0.1, -0.05) is 0 Å². The van der Waals surface area contributed by atoms with Gasteiger partial charge >= 0.3 is 0 Å². The molecule has 0 amide bonds. The van der Waals surface area contributed by atoms with Crippen molar-refractivity contribution in [3.05, 3.63) is 20.3 Å². The summed E-state index contributed by atoms with van der Waals surface area (Å²) in [6.07, 6.45) is 7.16. The molecule has 2 N–H and O–H groups in total. The topological polar surface area (TPSA) is 115 Å². The molecule has 36 heavy (non-hydrogen) atoms. The molecule has 3 aromatic heterocycles. The number of hydrogen-bond acceptors (Lipinski definition) is 11. The summed E-state index contributed by atoms with van der Waals surface area (Å²) < 4.78 is 3.17. The molecule has 2 aliphatic heterocycles. The van der Waals surface area contributed by atoms with Crippen LogP contribution >= 0.6 is 55.4 Å². The largest absolute Gasteiger partial charge is 0.341 e. The molecule has 0 saturated carbocycles. The molecule has 192 valence electrons. The van der Waals surface area contributed by atoms with Gasteiger partial charge < -0.3 is 15.6 Å². The van der Waals surface area contributed by atoms with E-state index in [0.29, 0.717) is 10.3 Å². The van der Waals surface area contributed by atoms with E-state index in [1.165, 1.54) is 41.0 Å². The number of halogens is 2. The van der Waals surface area contributed by atoms with Crippen molar-refractivity contribution in [1.82, 2.24) is 34.8 Å². The molecular weight excluding hydrogens is 628 g/mol. The first-order valence-electron chi connectivity index (χ1n) is 12.0. The Balaban J connectivity index is 1.38. The lowest BCUT2D eigenvalue weighted by Crippen LogP contribution is -2.31. The number of anilines is 2. The first-order chi connectivity index (χ1) is 17.4. The van der Waals surface area contributed by atoms with E-state index in [9.17, 15) is 0 Å². The van der Waals surface area contributed by atoms with Crippen LogP contribution in [0, 0.1) is 13.8 Å². The molecule has 2 aliphatic rings. The second-order valence-electron chi connectivity index (χ2n) is 8.89. The van der Waals surface area contributed by atoms with E-state index in [1.54, 1.807) is 0 Å². The molecule has 0 unspecified atom stereocenters. The van der Waals surface area contributed by atoms with Gasteiger partial charge in [0.15, 0.2) is 0 Å². The zero-order chi connectivity index (χ0) is 25.2. The van der Waals surface area contributed by atoms with Crippen LogP contribution in [0.4, 0.5) is 11.9 Å². The third-order valence-electron chi connectivity index (χ3n) is 6.24. The highest BCUT2D eigenvalue weighted by Crippen LogP contribution is 2.37. The lowest BCUT2D eigenvalue weighted by Gasteiger charge is -2.27. The van der Waals surface area contributed by atoms with Gasteiger partial charge in [0.05, 0.1) is 20.3 Å². The van der Waals surface area contributed by atoms with Crippen molar-refractivity contribution in [2.45, 2.75) is 72.7 Å². The molecule has 5 heterocycles. The van der Waals surface area contributed by atoms with Crippen LogP contribution < -0.4 is 15.6 Å². The van der Waals surface area contributed by atoms with E-state index in [1.807, 2.05) is 13.8 Å². The first kappa shape index (κ1) is 26.0. The van der Waals surface area contributed by atoms with E-state index < -0.39 is 0 Å². The van der Waals surface area contributed by atoms with Crippen molar-refractivity contribution in [2.75, 3.05) is 41.8 Å². The van der Waals surface area contributed by atoms with Gasteiger partial charge in [-0.05, 0) is 108 Å². The molecule has 0 aliphatic carbocycles. The van der Waals surface area contributed by atoms with E-state index in [0.717, 1.165) is 94.1 Å². The lowest BCUT2D eigenvalue weighted by molar-refractivity contribution is 0.565. The van der Waals surface area contributed by atoms with Crippen molar-refractivity contribution in [3.63, 3.8) is 0 Å². The molecule has 0 radical (unpaired) electrons. The minimum Gasteiger partial charge on any atom is -0.341 e. The summed E-state index contributed by atoms with van der Waals surface area (Å²) in [6, 6.07) is 0. The van der Waals surface area contributed by atoms with Gasteiger partial charge in [0, 0.05) is 26.2 Å². The molecule has 0 aromatic carbocycles. The Kier molecular flexibility index (Phi) is 8.23. The molecule has 2 saturated heterocycles. The fourth-order valence-electron chi connectivity index (χ4n) is 4.22. The SMILES string of the molecule is Cc1nc(N2CCCCC2)nc(Sc2nnc(Sc3nc(N4CCCCC4)nc(C)c3Br)n2N)c1Br. The molecule has 5 rings (SSSR count). The normalized spacial score (nSPS) is 16.6. The van der Waals surface area contributed by atoms with Gasteiger partial charge in [0.2, 0.25) is 22.2 Å². The predicted octanol–water partition coefficient (Wildman–Crippen LogP) is 5.00. The molecule has 2 fully saturated rings. The predicted molar refractivity (Wildman–Crippen MR) is 149 cm³/mol. The van der Waals surface area contributed by atoms with Crippen molar-refractivity contribution >= 4 is 67.3 Å². The Morgan fingerprint density at radius 2 is 1.03 bits per heavy atom. The fourth-order valence-corrected chi connectivity index (χ4v) is 6.73. The van der Waals surface area contributed by atoms with Gasteiger partial charge in [-0.25, -0.2) is 24.6 Å². The number of aryl methyl sites for hydroxylation is 2. The number of rotatable bonds is 6. The molecule has 0 atom stereocenters. The second-order valence-corrected chi connectivity index (χ2v) is 12.4. The van der Waals surface area contributed by atoms with Crippen molar-refractivity contribution < 1.29 is 0 Å². The maximum absolute atomic E-state index is 6.45. The maximum atomic E-state index is 6.45. The van der Waals surface area contributed by atoms with Crippen LogP contribution in [0.25, 0.3) is 0 Å². The second kappa shape index (κ2) is 11.4. The summed E-state index contributed by atoms with van der Waals surface area (Å²) in [7, 11) is 0. The highest BCUT2D eigenvalue weighted by Gasteiger charge is 2.23. The van der Waals surface area contributed by atoms with Gasteiger partial charge in [-0.2, -0.15) is 0 Å². The number of aromatic nitrogens is 7. The van der Waals surface area contributed by atoms with Gasteiger partial charge in [-0.3, -0.25) is 0 Å². The molecule has 14 heteroatoms. The Hall–Kier alpha value is -1.64. The smallest absolute Gasteiger partial charge is 0.226 e. The first-order valence-corrected chi connectivity index (χ1v) is 15.3. The van der Waals surface area contributed by atoms with Crippen LogP contribution in [0.5, 0.6) is 0 Å². The summed E-state index contributed by atoms with van der Waals surface area (Å²) in [6.45, 7) is 7.87. The van der Waals surface area contributed by atoms with Crippen molar-refractivity contribution in [1.29, 1.82) is 0 Å². The average molecular weight is 656 g/mol.